The zero-order valence-corrected chi connectivity index (χ0v) is 30.1. The molecule has 12 nitrogen and oxygen atoms in total. The average Bonchev–Trinajstić information content (AvgIpc) is 3.72. The largest absolute Gasteiger partial charge is 0.461 e. The maximum atomic E-state index is 15.8. The van der Waals surface area contributed by atoms with Gasteiger partial charge in [0.05, 0.1) is 66.1 Å². The van der Waals surface area contributed by atoms with Crippen LogP contribution in [-0.2, 0) is 37.0 Å². The lowest BCUT2D eigenvalue weighted by Crippen LogP contribution is -2.44. The Hall–Kier alpha value is -4.72. The molecule has 0 radical (unpaired) electrons. The first-order valence-corrected chi connectivity index (χ1v) is 17.4. The number of nitrogens with two attached hydrogens (primary N) is 1. The minimum absolute atomic E-state index is 0.0133. The molecule has 3 N–H and O–H groups in total. The monoisotopic (exact) mass is 738 g/mol. The summed E-state index contributed by atoms with van der Waals surface area (Å²) < 4.78 is 73.7. The van der Waals surface area contributed by atoms with E-state index >= 15 is 4.39 Å². The summed E-state index contributed by atoms with van der Waals surface area (Å²) in [5, 5.41) is 16.0. The van der Waals surface area contributed by atoms with E-state index in [0.717, 1.165) is 44.0 Å². The summed E-state index contributed by atoms with van der Waals surface area (Å²) in [7, 11) is 3.24. The van der Waals surface area contributed by atoms with Crippen molar-refractivity contribution in [3.63, 3.8) is 0 Å². The molecule has 1 aromatic carbocycles. The number of halogens is 4. The fourth-order valence-corrected chi connectivity index (χ4v) is 8.17. The highest BCUT2D eigenvalue weighted by atomic mass is 19.4. The number of amides is 1. The number of anilines is 2. The number of hydrogen-bond acceptors (Lipinski definition) is 10. The number of benzene rings is 1. The van der Waals surface area contributed by atoms with Gasteiger partial charge in [0, 0.05) is 43.8 Å². The second-order valence-electron chi connectivity index (χ2n) is 14.9. The van der Waals surface area contributed by atoms with Gasteiger partial charge in [0.1, 0.15) is 12.4 Å². The Kier molecular flexibility index (Phi) is 9.19. The molecule has 2 fully saturated rings. The minimum atomic E-state index is -4.97. The average molecular weight is 739 g/mol. The fraction of sp³-hybridized carbons (Fsp3) is 0.514. The molecule has 0 saturated carbocycles. The van der Waals surface area contributed by atoms with Crippen LogP contribution in [-0.4, -0.2) is 92.0 Å². The molecular formula is C37H42F4N8O4. The summed E-state index contributed by atoms with van der Waals surface area (Å²) in [4.78, 5) is 27.9. The number of aliphatic hydroxyl groups is 1. The van der Waals surface area contributed by atoms with Crippen molar-refractivity contribution in [3.05, 3.63) is 69.4 Å². The molecule has 1 amide bonds. The van der Waals surface area contributed by atoms with Crippen LogP contribution in [0.1, 0.15) is 83.3 Å². The Morgan fingerprint density at radius 1 is 1.25 bits per heavy atom. The van der Waals surface area contributed by atoms with E-state index in [9.17, 15) is 23.1 Å². The van der Waals surface area contributed by atoms with E-state index in [2.05, 4.69) is 28.4 Å². The number of rotatable bonds is 6. The number of aromatic nitrogens is 4. The highest BCUT2D eigenvalue weighted by Gasteiger charge is 2.47. The molecule has 4 aliphatic rings. The normalized spacial score (nSPS) is 24.2. The Bertz CT molecular complexity index is 2050. The summed E-state index contributed by atoms with van der Waals surface area (Å²) >= 11 is 0. The van der Waals surface area contributed by atoms with E-state index in [1.165, 1.54) is 11.8 Å². The van der Waals surface area contributed by atoms with Crippen molar-refractivity contribution in [2.75, 3.05) is 51.0 Å². The van der Waals surface area contributed by atoms with Crippen molar-refractivity contribution in [1.29, 1.82) is 0 Å². The molecule has 2 saturated heterocycles. The number of β-amino-alcohol motifs (C(OH)–C–C–N with tert-alkyl or cyclic N) is 1. The van der Waals surface area contributed by atoms with Gasteiger partial charge in [-0.1, -0.05) is 18.1 Å². The van der Waals surface area contributed by atoms with Crippen molar-refractivity contribution in [1.82, 2.24) is 29.5 Å². The first-order chi connectivity index (χ1) is 25.0. The molecule has 4 aliphatic heterocycles. The molecule has 3 atom stereocenters. The second kappa shape index (κ2) is 13.3. The first kappa shape index (κ1) is 36.6. The quantitative estimate of drug-likeness (QED) is 0.164. The van der Waals surface area contributed by atoms with Gasteiger partial charge in [-0.15, -0.1) is 5.92 Å². The number of nitrogen functional groups attached to an aromatic ring is 1. The maximum absolute atomic E-state index is 15.8. The summed E-state index contributed by atoms with van der Waals surface area (Å²) in [6.07, 6.45) is -4.01. The molecule has 282 valence electrons. The van der Waals surface area contributed by atoms with E-state index in [4.69, 9.17) is 25.2 Å². The lowest BCUT2D eigenvalue weighted by atomic mass is 9.90. The maximum Gasteiger partial charge on any atom is 0.418 e. The number of carbonyl (C=O) groups excluding carboxylic acids is 1. The van der Waals surface area contributed by atoms with Gasteiger partial charge in [0.2, 0.25) is 0 Å². The van der Waals surface area contributed by atoms with Crippen molar-refractivity contribution in [2.24, 2.45) is 0 Å². The van der Waals surface area contributed by atoms with Crippen molar-refractivity contribution in [3.8, 4) is 17.9 Å². The van der Waals surface area contributed by atoms with Gasteiger partial charge in [-0.05, 0) is 51.8 Å². The number of alkyl halides is 3. The van der Waals surface area contributed by atoms with Crippen LogP contribution in [0.4, 0.5) is 29.1 Å². The zero-order chi connectivity index (χ0) is 38.0. The van der Waals surface area contributed by atoms with Crippen LogP contribution < -0.4 is 15.4 Å². The lowest BCUT2D eigenvalue weighted by molar-refractivity contribution is -0.140. The van der Waals surface area contributed by atoms with Crippen LogP contribution in [0.15, 0.2) is 24.3 Å². The zero-order valence-electron chi connectivity index (χ0n) is 30.1. The van der Waals surface area contributed by atoms with Crippen molar-refractivity contribution in [2.45, 2.75) is 82.6 Å². The molecule has 3 aromatic rings. The van der Waals surface area contributed by atoms with Gasteiger partial charge < -0.3 is 30.1 Å². The van der Waals surface area contributed by atoms with Crippen molar-refractivity contribution >= 4 is 17.4 Å². The van der Waals surface area contributed by atoms with Crippen LogP contribution in [0.3, 0.4) is 0 Å². The number of nitrogens with zero attached hydrogens (tertiary/aromatic N) is 7. The smallest absolute Gasteiger partial charge is 0.418 e. The number of carbonyl (C=O) groups is 1. The Morgan fingerprint density at radius 3 is 2.74 bits per heavy atom. The van der Waals surface area contributed by atoms with E-state index < -0.39 is 46.1 Å². The van der Waals surface area contributed by atoms with Crippen LogP contribution in [0.2, 0.25) is 0 Å². The predicted molar refractivity (Wildman–Crippen MR) is 186 cm³/mol. The molecule has 0 unspecified atom stereocenters. The van der Waals surface area contributed by atoms with E-state index in [1.54, 1.807) is 36.7 Å². The molecule has 53 heavy (non-hydrogen) atoms. The van der Waals surface area contributed by atoms with E-state index in [0.29, 0.717) is 22.8 Å². The van der Waals surface area contributed by atoms with Crippen LogP contribution in [0, 0.1) is 17.7 Å². The fourth-order valence-electron chi connectivity index (χ4n) is 8.17. The summed E-state index contributed by atoms with van der Waals surface area (Å²) in [6, 6.07) is 2.53. The molecule has 0 spiro atoms. The molecular weight excluding hydrogens is 696 g/mol. The molecule has 7 rings (SSSR count). The van der Waals surface area contributed by atoms with E-state index in [-0.39, 0.29) is 62.4 Å². The minimum Gasteiger partial charge on any atom is -0.461 e. The number of fused-ring (bicyclic) bond motifs is 3. The second-order valence-corrected chi connectivity index (χ2v) is 14.9. The number of ether oxygens (including phenoxy) is 2. The molecule has 2 aromatic heterocycles. The van der Waals surface area contributed by atoms with E-state index in [1.807, 2.05) is 0 Å². The van der Waals surface area contributed by atoms with Crippen molar-refractivity contribution < 1.29 is 36.9 Å². The highest BCUT2D eigenvalue weighted by molar-refractivity contribution is 5.92. The highest BCUT2D eigenvalue weighted by Crippen LogP contribution is 2.45. The number of hydrogen-bond donors (Lipinski definition) is 2. The van der Waals surface area contributed by atoms with Gasteiger partial charge in [-0.3, -0.25) is 14.4 Å². The van der Waals surface area contributed by atoms with Gasteiger partial charge in [-0.25, -0.2) is 4.39 Å². The molecule has 16 heteroatoms. The molecule has 0 bridgehead atoms. The topological polar surface area (TPSA) is 135 Å². The Labute approximate surface area is 304 Å². The third-order valence-electron chi connectivity index (χ3n) is 10.4. The predicted octanol–water partition coefficient (Wildman–Crippen LogP) is 4.24. The Balaban J connectivity index is 1.32. The van der Waals surface area contributed by atoms with Gasteiger partial charge in [0.15, 0.2) is 11.5 Å². The standard InChI is InChI=1S/C37H42F4N8O4/c1-6-8-22-11-25(42)31(38)29(30(22)37(39,40)41)28-13-26-24(17-52-28)32(44-34(43-26)53-20-36-9-7-10-48(36)15-21(2)14-36)47-16-23-12-27(33(50)46(4)5)45-49(23)19-35(3,51)18-47/h11-12,28,51H,2,7,9-10,13-20,42H2,1,3-5H3/t28-,35-,36+/m1/s1. The first-order valence-electron chi connectivity index (χ1n) is 17.4. The van der Waals surface area contributed by atoms with Gasteiger partial charge in [0.25, 0.3) is 5.91 Å². The Morgan fingerprint density at radius 2 is 2.02 bits per heavy atom. The van der Waals surface area contributed by atoms with Gasteiger partial charge in [-0.2, -0.15) is 28.2 Å². The lowest BCUT2D eigenvalue weighted by Gasteiger charge is -2.34. The van der Waals surface area contributed by atoms with Gasteiger partial charge >= 0.3 is 12.2 Å². The van der Waals surface area contributed by atoms with Crippen LogP contribution in [0.25, 0.3) is 0 Å². The summed E-state index contributed by atoms with van der Waals surface area (Å²) in [5.74, 6) is 3.67. The molecule has 0 aliphatic carbocycles. The summed E-state index contributed by atoms with van der Waals surface area (Å²) in [6.45, 7) is 9.17. The summed E-state index contributed by atoms with van der Waals surface area (Å²) in [5.41, 5.74) is 4.02. The SMILES string of the molecule is C=C1CN2CCC[C@@]2(COc2nc3c(c(N4Cc5cc(C(=O)N(C)C)nn5C[C@](C)(O)C4)n2)CO[C@@H](c2c(F)c(N)cc(C#CC)c2C(F)(F)F)C3)C1. The molecule has 6 heterocycles. The van der Waals surface area contributed by atoms with Crippen LogP contribution in [0.5, 0.6) is 6.01 Å². The third kappa shape index (κ3) is 6.81. The third-order valence-corrected chi connectivity index (χ3v) is 10.4. The van der Waals surface area contributed by atoms with Crippen LogP contribution >= 0.6 is 0 Å².